The van der Waals surface area contributed by atoms with E-state index in [1.807, 2.05) is 12.1 Å². The molecule has 1 aliphatic rings. The summed E-state index contributed by atoms with van der Waals surface area (Å²) in [4.78, 5) is 2.52. The molecule has 4 heteroatoms. The van der Waals surface area contributed by atoms with Crippen molar-refractivity contribution >= 4 is 23.2 Å². The number of likely N-dealkylation sites (N-methyl/N-ethyl adjacent to an activating group) is 1. The minimum absolute atomic E-state index is 0.353. The molecular weight excluding hydrogens is 291 g/mol. The van der Waals surface area contributed by atoms with Gasteiger partial charge in [-0.25, -0.2) is 0 Å². The Bertz CT molecular complexity index is 436. The van der Waals surface area contributed by atoms with Crippen LogP contribution in [-0.2, 0) is 0 Å². The van der Waals surface area contributed by atoms with Crippen LogP contribution in [0.25, 0.3) is 0 Å². The van der Waals surface area contributed by atoms with Gasteiger partial charge in [0.2, 0.25) is 0 Å². The molecule has 1 aliphatic heterocycles. The van der Waals surface area contributed by atoms with E-state index in [0.717, 1.165) is 19.5 Å². The van der Waals surface area contributed by atoms with Crippen molar-refractivity contribution in [1.82, 2.24) is 10.2 Å². The zero-order chi connectivity index (χ0) is 14.5. The number of hydrogen-bond acceptors (Lipinski definition) is 2. The van der Waals surface area contributed by atoms with Crippen molar-refractivity contribution in [3.63, 3.8) is 0 Å². The largest absolute Gasteiger partial charge is 0.306 e. The van der Waals surface area contributed by atoms with Crippen molar-refractivity contribution in [3.8, 4) is 0 Å². The van der Waals surface area contributed by atoms with E-state index in [0.29, 0.717) is 22.1 Å². The summed E-state index contributed by atoms with van der Waals surface area (Å²) < 4.78 is 0. The molecule has 2 unspecified atom stereocenters. The Balaban J connectivity index is 2.02. The van der Waals surface area contributed by atoms with E-state index in [1.165, 1.54) is 24.9 Å². The van der Waals surface area contributed by atoms with Crippen LogP contribution in [0.3, 0.4) is 0 Å². The second-order valence-electron chi connectivity index (χ2n) is 5.53. The van der Waals surface area contributed by atoms with Crippen molar-refractivity contribution in [3.05, 3.63) is 33.8 Å². The number of rotatable bonds is 5. The molecule has 1 heterocycles. The van der Waals surface area contributed by atoms with E-state index in [9.17, 15) is 0 Å². The highest BCUT2D eigenvalue weighted by Gasteiger charge is 2.21. The van der Waals surface area contributed by atoms with Crippen LogP contribution in [0.2, 0.25) is 10.0 Å². The average molecular weight is 315 g/mol. The van der Waals surface area contributed by atoms with E-state index < -0.39 is 0 Å². The molecule has 0 saturated carbocycles. The molecule has 1 fully saturated rings. The predicted molar refractivity (Wildman–Crippen MR) is 87.8 cm³/mol. The van der Waals surface area contributed by atoms with Crippen LogP contribution in [0.1, 0.15) is 44.7 Å². The van der Waals surface area contributed by atoms with E-state index in [1.54, 1.807) is 0 Å². The monoisotopic (exact) mass is 314 g/mol. The topological polar surface area (TPSA) is 15.3 Å². The summed E-state index contributed by atoms with van der Waals surface area (Å²) >= 11 is 12.1. The first-order chi connectivity index (χ1) is 9.63. The van der Waals surface area contributed by atoms with Crippen LogP contribution in [0.4, 0.5) is 0 Å². The Hall–Kier alpha value is -0.280. The number of benzene rings is 1. The molecule has 20 heavy (non-hydrogen) atoms. The molecule has 1 aromatic rings. The molecule has 0 bridgehead atoms. The summed E-state index contributed by atoms with van der Waals surface area (Å²) in [7, 11) is 0. The summed E-state index contributed by atoms with van der Waals surface area (Å²) in [6.07, 6.45) is 3.60. The Kier molecular flexibility index (Phi) is 6.16. The first kappa shape index (κ1) is 16.1. The summed E-state index contributed by atoms with van der Waals surface area (Å²) in [6.45, 7) is 7.97. The molecule has 112 valence electrons. The zero-order valence-corrected chi connectivity index (χ0v) is 13.8. The molecule has 2 rings (SSSR count). The van der Waals surface area contributed by atoms with Crippen molar-refractivity contribution < 1.29 is 0 Å². The van der Waals surface area contributed by atoms with Gasteiger partial charge in [-0.15, -0.1) is 0 Å². The van der Waals surface area contributed by atoms with Crippen LogP contribution in [-0.4, -0.2) is 30.6 Å². The van der Waals surface area contributed by atoms with Gasteiger partial charge >= 0.3 is 0 Å². The SMILES string of the molecule is CCC(NC1CCCN(CC)C1)c1ccc(Cl)c(Cl)c1. The van der Waals surface area contributed by atoms with E-state index in [4.69, 9.17) is 23.2 Å². The minimum atomic E-state index is 0.353. The van der Waals surface area contributed by atoms with Crippen LogP contribution >= 0.6 is 23.2 Å². The molecule has 0 amide bonds. The Morgan fingerprint density at radius 1 is 1.30 bits per heavy atom. The van der Waals surface area contributed by atoms with Gasteiger partial charge in [-0.3, -0.25) is 0 Å². The molecule has 1 saturated heterocycles. The second kappa shape index (κ2) is 7.65. The van der Waals surface area contributed by atoms with Gasteiger partial charge in [-0.2, -0.15) is 0 Å². The molecule has 0 aliphatic carbocycles. The van der Waals surface area contributed by atoms with Gasteiger partial charge in [0.25, 0.3) is 0 Å². The summed E-state index contributed by atoms with van der Waals surface area (Å²) in [5, 5.41) is 5.06. The third-order valence-electron chi connectivity index (χ3n) is 4.14. The maximum atomic E-state index is 6.14. The molecule has 2 nitrogen and oxygen atoms in total. The fourth-order valence-corrected chi connectivity index (χ4v) is 3.25. The van der Waals surface area contributed by atoms with Crippen molar-refractivity contribution in [1.29, 1.82) is 0 Å². The zero-order valence-electron chi connectivity index (χ0n) is 12.3. The average Bonchev–Trinajstić information content (AvgIpc) is 2.48. The Labute approximate surface area is 132 Å². The Morgan fingerprint density at radius 2 is 2.10 bits per heavy atom. The first-order valence-corrected chi connectivity index (χ1v) is 8.33. The highest BCUT2D eigenvalue weighted by atomic mass is 35.5. The number of piperidine rings is 1. The Morgan fingerprint density at radius 3 is 2.75 bits per heavy atom. The maximum absolute atomic E-state index is 6.14. The molecule has 2 atom stereocenters. The summed E-state index contributed by atoms with van der Waals surface area (Å²) in [5.74, 6) is 0. The maximum Gasteiger partial charge on any atom is 0.0595 e. The van der Waals surface area contributed by atoms with Crippen molar-refractivity contribution in [2.75, 3.05) is 19.6 Å². The van der Waals surface area contributed by atoms with Gasteiger partial charge in [-0.05, 0) is 50.0 Å². The third kappa shape index (κ3) is 4.11. The van der Waals surface area contributed by atoms with Crippen molar-refractivity contribution in [2.24, 2.45) is 0 Å². The van der Waals surface area contributed by atoms with Gasteiger partial charge in [0.15, 0.2) is 0 Å². The van der Waals surface area contributed by atoms with Crippen LogP contribution in [0.5, 0.6) is 0 Å². The van der Waals surface area contributed by atoms with E-state index in [2.05, 4.69) is 30.1 Å². The van der Waals surface area contributed by atoms with E-state index in [-0.39, 0.29) is 0 Å². The molecule has 0 spiro atoms. The van der Waals surface area contributed by atoms with Gasteiger partial charge in [-0.1, -0.05) is 43.1 Å². The highest BCUT2D eigenvalue weighted by molar-refractivity contribution is 6.42. The smallest absolute Gasteiger partial charge is 0.0595 e. The van der Waals surface area contributed by atoms with Gasteiger partial charge in [0, 0.05) is 18.6 Å². The lowest BCUT2D eigenvalue weighted by Gasteiger charge is -2.34. The highest BCUT2D eigenvalue weighted by Crippen LogP contribution is 2.27. The molecule has 1 aromatic carbocycles. The van der Waals surface area contributed by atoms with E-state index >= 15 is 0 Å². The summed E-state index contributed by atoms with van der Waals surface area (Å²) in [6, 6.07) is 6.89. The normalized spacial score (nSPS) is 21.9. The quantitative estimate of drug-likeness (QED) is 0.859. The number of nitrogens with zero attached hydrogens (tertiary/aromatic N) is 1. The predicted octanol–water partition coefficient (Wildman–Crippen LogP) is 4.52. The van der Waals surface area contributed by atoms with Crippen LogP contribution in [0, 0.1) is 0 Å². The molecule has 0 radical (unpaired) electrons. The summed E-state index contributed by atoms with van der Waals surface area (Å²) in [5.41, 5.74) is 1.23. The van der Waals surface area contributed by atoms with Crippen molar-refractivity contribution in [2.45, 2.75) is 45.2 Å². The number of halogens is 2. The number of likely N-dealkylation sites (tertiary alicyclic amines) is 1. The lowest BCUT2D eigenvalue weighted by atomic mass is 10.00. The van der Waals surface area contributed by atoms with Gasteiger partial charge in [0.05, 0.1) is 10.0 Å². The fourth-order valence-electron chi connectivity index (χ4n) is 2.94. The minimum Gasteiger partial charge on any atom is -0.306 e. The molecule has 0 aromatic heterocycles. The fraction of sp³-hybridized carbons (Fsp3) is 0.625. The second-order valence-corrected chi connectivity index (χ2v) is 6.35. The van der Waals surface area contributed by atoms with Crippen LogP contribution in [0.15, 0.2) is 18.2 Å². The standard InChI is InChI=1S/C16H24Cl2N2/c1-3-16(12-7-8-14(17)15(18)10-12)19-13-6-5-9-20(4-2)11-13/h7-8,10,13,16,19H,3-6,9,11H2,1-2H3. The number of nitrogens with one attached hydrogen (secondary N) is 1. The lowest BCUT2D eigenvalue weighted by Crippen LogP contribution is -2.46. The third-order valence-corrected chi connectivity index (χ3v) is 4.88. The van der Waals surface area contributed by atoms with Gasteiger partial charge < -0.3 is 10.2 Å². The molecular formula is C16H24Cl2N2. The molecule has 1 N–H and O–H groups in total. The van der Waals surface area contributed by atoms with Gasteiger partial charge in [0.1, 0.15) is 0 Å². The number of hydrogen-bond donors (Lipinski definition) is 1. The van der Waals surface area contributed by atoms with Crippen LogP contribution < -0.4 is 5.32 Å². The lowest BCUT2D eigenvalue weighted by molar-refractivity contribution is 0.189. The first-order valence-electron chi connectivity index (χ1n) is 7.57.